The minimum atomic E-state index is -0.858. The lowest BCUT2D eigenvalue weighted by Crippen LogP contribution is -2.51. The summed E-state index contributed by atoms with van der Waals surface area (Å²) in [7, 11) is 1.72. The van der Waals surface area contributed by atoms with Gasteiger partial charge in [-0.15, -0.1) is 0 Å². The van der Waals surface area contributed by atoms with Gasteiger partial charge in [0.15, 0.2) is 0 Å². The van der Waals surface area contributed by atoms with Crippen molar-refractivity contribution in [1.29, 1.82) is 0 Å². The molecule has 5 nitrogen and oxygen atoms in total. The third-order valence-corrected chi connectivity index (χ3v) is 3.81. The van der Waals surface area contributed by atoms with Crippen LogP contribution in [0.1, 0.15) is 13.3 Å². The van der Waals surface area contributed by atoms with Gasteiger partial charge in [-0.25, -0.2) is 4.79 Å². The fourth-order valence-corrected chi connectivity index (χ4v) is 3.03. The second-order valence-electron chi connectivity index (χ2n) is 4.62. The van der Waals surface area contributed by atoms with Gasteiger partial charge in [-0.3, -0.25) is 4.79 Å². The summed E-state index contributed by atoms with van der Waals surface area (Å²) in [6.07, 6.45) is 0.0135. The smallest absolute Gasteiger partial charge is 0.320 e. The van der Waals surface area contributed by atoms with E-state index in [9.17, 15) is 9.59 Å². The molecule has 1 unspecified atom stereocenters. The number of likely N-dealkylation sites (N-methyl/N-ethyl adjacent to an activating group) is 1. The minimum absolute atomic E-state index is 0.0135. The molecule has 1 atom stereocenters. The molecule has 0 aromatic rings. The van der Waals surface area contributed by atoms with Crippen LogP contribution in [0.15, 0.2) is 12.2 Å². The monoisotopic (exact) mass is 272 g/mol. The summed E-state index contributed by atoms with van der Waals surface area (Å²) in [4.78, 5) is 26.3. The van der Waals surface area contributed by atoms with E-state index in [1.54, 1.807) is 28.6 Å². The molecular formula is C12H20N2O3S. The van der Waals surface area contributed by atoms with E-state index in [1.165, 1.54) is 0 Å². The highest BCUT2D eigenvalue weighted by molar-refractivity contribution is 7.99. The number of urea groups is 1. The van der Waals surface area contributed by atoms with Crippen LogP contribution < -0.4 is 0 Å². The van der Waals surface area contributed by atoms with Gasteiger partial charge < -0.3 is 14.9 Å². The lowest BCUT2D eigenvalue weighted by Gasteiger charge is -2.37. The molecule has 0 spiro atoms. The number of amides is 2. The van der Waals surface area contributed by atoms with Crippen molar-refractivity contribution < 1.29 is 14.7 Å². The van der Waals surface area contributed by atoms with E-state index < -0.39 is 5.97 Å². The quantitative estimate of drug-likeness (QED) is 0.788. The Labute approximate surface area is 112 Å². The fraction of sp³-hybridized carbons (Fsp3) is 0.667. The number of hydrogen-bond donors (Lipinski definition) is 1. The first-order valence-electron chi connectivity index (χ1n) is 5.87. The van der Waals surface area contributed by atoms with E-state index in [1.807, 2.05) is 6.92 Å². The molecule has 1 aliphatic rings. The zero-order chi connectivity index (χ0) is 13.7. The van der Waals surface area contributed by atoms with Crippen LogP contribution in [0, 0.1) is 0 Å². The van der Waals surface area contributed by atoms with Crippen LogP contribution in [0.2, 0.25) is 0 Å². The van der Waals surface area contributed by atoms with Crippen molar-refractivity contribution in [3.8, 4) is 0 Å². The molecule has 0 saturated carbocycles. The Kier molecular flexibility index (Phi) is 5.53. The molecular weight excluding hydrogens is 252 g/mol. The average molecular weight is 272 g/mol. The van der Waals surface area contributed by atoms with Gasteiger partial charge in [0, 0.05) is 31.6 Å². The van der Waals surface area contributed by atoms with Crippen molar-refractivity contribution in [1.82, 2.24) is 9.80 Å². The fourth-order valence-electron chi connectivity index (χ4n) is 1.97. The van der Waals surface area contributed by atoms with Crippen molar-refractivity contribution in [2.45, 2.75) is 19.4 Å². The number of hydrogen-bond acceptors (Lipinski definition) is 3. The number of carbonyl (C=O) groups excluding carboxylic acids is 1. The van der Waals surface area contributed by atoms with E-state index >= 15 is 0 Å². The van der Waals surface area contributed by atoms with Crippen molar-refractivity contribution in [3.05, 3.63) is 12.2 Å². The van der Waals surface area contributed by atoms with Crippen molar-refractivity contribution >= 4 is 23.8 Å². The number of aliphatic carboxylic acids is 1. The maximum Gasteiger partial charge on any atom is 0.320 e. The van der Waals surface area contributed by atoms with Crippen LogP contribution in [0.3, 0.4) is 0 Å². The van der Waals surface area contributed by atoms with Crippen LogP contribution in [0.25, 0.3) is 0 Å². The Morgan fingerprint density at radius 3 is 2.78 bits per heavy atom. The van der Waals surface area contributed by atoms with Gasteiger partial charge in [-0.05, 0) is 6.92 Å². The van der Waals surface area contributed by atoms with E-state index in [0.29, 0.717) is 18.8 Å². The number of carboxylic acid groups (broad SMARTS) is 1. The van der Waals surface area contributed by atoms with Crippen LogP contribution in [-0.4, -0.2) is 64.6 Å². The molecule has 1 saturated heterocycles. The van der Waals surface area contributed by atoms with Gasteiger partial charge in [0.1, 0.15) is 0 Å². The molecule has 1 aliphatic heterocycles. The largest absolute Gasteiger partial charge is 0.481 e. The molecule has 0 aromatic heterocycles. The maximum atomic E-state index is 12.2. The molecule has 18 heavy (non-hydrogen) atoms. The molecule has 0 radical (unpaired) electrons. The van der Waals surface area contributed by atoms with Gasteiger partial charge in [-0.2, -0.15) is 11.8 Å². The molecule has 6 heteroatoms. The molecule has 1 fully saturated rings. The summed E-state index contributed by atoms with van der Waals surface area (Å²) >= 11 is 1.70. The highest BCUT2D eigenvalue weighted by Gasteiger charge is 2.30. The normalized spacial score (nSPS) is 19.4. The number of rotatable bonds is 4. The predicted molar refractivity (Wildman–Crippen MR) is 72.9 cm³/mol. The zero-order valence-corrected chi connectivity index (χ0v) is 11.7. The van der Waals surface area contributed by atoms with Gasteiger partial charge in [0.2, 0.25) is 0 Å². The Morgan fingerprint density at radius 1 is 1.56 bits per heavy atom. The van der Waals surface area contributed by atoms with Gasteiger partial charge in [-0.1, -0.05) is 12.2 Å². The molecule has 0 bridgehead atoms. The Bertz CT molecular complexity index is 346. The van der Waals surface area contributed by atoms with Gasteiger partial charge in [0.25, 0.3) is 0 Å². The molecule has 2 amide bonds. The third-order valence-electron chi connectivity index (χ3n) is 2.72. The van der Waals surface area contributed by atoms with E-state index in [2.05, 4.69) is 6.58 Å². The molecule has 0 aromatic carbocycles. The van der Waals surface area contributed by atoms with E-state index in [0.717, 1.165) is 11.3 Å². The highest BCUT2D eigenvalue weighted by Crippen LogP contribution is 2.20. The third kappa shape index (κ3) is 4.25. The number of carboxylic acids is 1. The van der Waals surface area contributed by atoms with Crippen molar-refractivity contribution in [3.63, 3.8) is 0 Å². The van der Waals surface area contributed by atoms with Crippen molar-refractivity contribution in [2.75, 3.05) is 31.6 Å². The molecule has 1 heterocycles. The van der Waals surface area contributed by atoms with Crippen LogP contribution in [-0.2, 0) is 4.79 Å². The lowest BCUT2D eigenvalue weighted by molar-refractivity contribution is -0.138. The first-order chi connectivity index (χ1) is 8.41. The molecule has 1 rings (SSSR count). The summed E-state index contributed by atoms with van der Waals surface area (Å²) in [6.45, 7) is 6.76. The molecule has 0 aliphatic carbocycles. The van der Waals surface area contributed by atoms with E-state index in [4.69, 9.17) is 5.11 Å². The SMILES string of the molecule is C=C(C)CN(C)C(=O)N1CCSCC1CC(=O)O. The predicted octanol–water partition coefficient (Wildman–Crippen LogP) is 1.51. The Morgan fingerprint density at radius 2 is 2.22 bits per heavy atom. The molecule has 102 valence electrons. The number of thioether (sulfide) groups is 1. The summed E-state index contributed by atoms with van der Waals surface area (Å²) in [5, 5.41) is 8.87. The lowest BCUT2D eigenvalue weighted by atomic mass is 10.2. The van der Waals surface area contributed by atoms with Crippen LogP contribution in [0.5, 0.6) is 0 Å². The Hall–Kier alpha value is -1.17. The van der Waals surface area contributed by atoms with E-state index in [-0.39, 0.29) is 18.5 Å². The standard InChI is InChI=1S/C12H20N2O3S/c1-9(2)7-13(3)12(17)14-4-5-18-8-10(14)6-11(15)16/h10H,1,4-8H2,2-3H3,(H,15,16). The van der Waals surface area contributed by atoms with Gasteiger partial charge in [0.05, 0.1) is 12.5 Å². The number of carbonyl (C=O) groups is 2. The summed E-state index contributed by atoms with van der Waals surface area (Å²) in [5.74, 6) is 0.699. The number of nitrogens with zero attached hydrogens (tertiary/aromatic N) is 2. The topological polar surface area (TPSA) is 60.9 Å². The van der Waals surface area contributed by atoms with Crippen molar-refractivity contribution in [2.24, 2.45) is 0 Å². The van der Waals surface area contributed by atoms with Gasteiger partial charge >= 0.3 is 12.0 Å². The summed E-state index contributed by atoms with van der Waals surface area (Å²) < 4.78 is 0. The molecule has 1 N–H and O–H groups in total. The second kappa shape index (κ2) is 6.68. The second-order valence-corrected chi connectivity index (χ2v) is 5.77. The first kappa shape index (κ1) is 14.9. The Balaban J connectivity index is 2.67. The van der Waals surface area contributed by atoms with Crippen LogP contribution >= 0.6 is 11.8 Å². The minimum Gasteiger partial charge on any atom is -0.481 e. The average Bonchev–Trinajstić information content (AvgIpc) is 2.27. The highest BCUT2D eigenvalue weighted by atomic mass is 32.2. The first-order valence-corrected chi connectivity index (χ1v) is 7.03. The zero-order valence-electron chi connectivity index (χ0n) is 10.9. The maximum absolute atomic E-state index is 12.2. The summed E-state index contributed by atoms with van der Waals surface area (Å²) in [6, 6.07) is -0.314. The van der Waals surface area contributed by atoms with Crippen LogP contribution in [0.4, 0.5) is 4.79 Å². The summed E-state index contributed by atoms with van der Waals surface area (Å²) in [5.41, 5.74) is 0.909.